The van der Waals surface area contributed by atoms with Gasteiger partial charge >= 0.3 is 5.97 Å². The van der Waals surface area contributed by atoms with Crippen LogP contribution in [-0.4, -0.2) is 58.3 Å². The van der Waals surface area contributed by atoms with Crippen LogP contribution in [0.4, 0.5) is 0 Å². The van der Waals surface area contributed by atoms with Crippen LogP contribution in [0, 0.1) is 0 Å². The van der Waals surface area contributed by atoms with Crippen LogP contribution in [0.25, 0.3) is 0 Å². The number of hydrogen-bond donors (Lipinski definition) is 3. The molecule has 6 heteroatoms. The quantitative estimate of drug-likeness (QED) is 0.551. The molecule has 2 aliphatic heterocycles. The number of carbonyl (C=O) groups is 2. The normalized spacial score (nSPS) is 34.3. The molecule has 0 bridgehead atoms. The minimum absolute atomic E-state index is 0.133. The second kappa shape index (κ2) is 4.39. The van der Waals surface area contributed by atoms with Crippen molar-refractivity contribution in [3.63, 3.8) is 0 Å². The highest BCUT2D eigenvalue weighted by molar-refractivity contribution is 5.87. The molecule has 2 fully saturated rings. The van der Waals surface area contributed by atoms with Gasteiger partial charge in [-0.15, -0.1) is 0 Å². The number of aliphatic hydroxyl groups excluding tert-OH is 1. The van der Waals surface area contributed by atoms with Gasteiger partial charge in [-0.1, -0.05) is 0 Å². The van der Waals surface area contributed by atoms with Gasteiger partial charge in [-0.25, -0.2) is 4.79 Å². The molecule has 90 valence electrons. The maximum atomic E-state index is 12.0. The zero-order valence-corrected chi connectivity index (χ0v) is 8.93. The molecule has 2 aliphatic rings. The summed E-state index contributed by atoms with van der Waals surface area (Å²) >= 11 is 0. The third kappa shape index (κ3) is 2.03. The van der Waals surface area contributed by atoms with E-state index in [1.165, 1.54) is 4.90 Å². The van der Waals surface area contributed by atoms with Gasteiger partial charge in [0.2, 0.25) is 5.91 Å². The van der Waals surface area contributed by atoms with Crippen molar-refractivity contribution in [1.82, 2.24) is 10.2 Å². The Hall–Kier alpha value is -1.14. The first kappa shape index (κ1) is 11.3. The average Bonchev–Trinajstić information content (AvgIpc) is 2.84. The number of rotatable bonds is 2. The molecule has 1 amide bonds. The zero-order valence-electron chi connectivity index (χ0n) is 8.93. The number of aliphatic carboxylic acids is 1. The summed E-state index contributed by atoms with van der Waals surface area (Å²) in [6.07, 6.45) is 1.10. The lowest BCUT2D eigenvalue weighted by Crippen LogP contribution is -2.48. The fourth-order valence-corrected chi connectivity index (χ4v) is 2.39. The van der Waals surface area contributed by atoms with Crippen LogP contribution in [0.3, 0.4) is 0 Å². The smallest absolute Gasteiger partial charge is 0.326 e. The predicted octanol–water partition coefficient (Wildman–Crippen LogP) is -1.22. The van der Waals surface area contributed by atoms with Crippen LogP contribution in [-0.2, 0) is 9.59 Å². The number of amides is 1. The fraction of sp³-hybridized carbons (Fsp3) is 0.800. The van der Waals surface area contributed by atoms with E-state index in [-0.39, 0.29) is 24.9 Å². The van der Waals surface area contributed by atoms with Crippen LogP contribution < -0.4 is 5.32 Å². The van der Waals surface area contributed by atoms with Gasteiger partial charge in [-0.2, -0.15) is 0 Å². The molecule has 0 aromatic rings. The molecule has 0 saturated carbocycles. The highest BCUT2D eigenvalue weighted by Crippen LogP contribution is 2.21. The van der Waals surface area contributed by atoms with E-state index in [1.807, 2.05) is 0 Å². The summed E-state index contributed by atoms with van der Waals surface area (Å²) in [7, 11) is 0. The Bertz CT molecular complexity index is 301. The molecule has 0 spiro atoms. The summed E-state index contributed by atoms with van der Waals surface area (Å²) in [6, 6.07) is -1.14. The van der Waals surface area contributed by atoms with Gasteiger partial charge in [0.05, 0.1) is 12.1 Å². The molecule has 2 saturated heterocycles. The lowest BCUT2D eigenvalue weighted by atomic mass is 10.1. The van der Waals surface area contributed by atoms with Crippen molar-refractivity contribution in [3.05, 3.63) is 0 Å². The maximum absolute atomic E-state index is 12.0. The molecule has 0 aromatic heterocycles. The monoisotopic (exact) mass is 228 g/mol. The molecule has 0 radical (unpaired) electrons. The summed E-state index contributed by atoms with van der Waals surface area (Å²) in [5.74, 6) is -1.23. The van der Waals surface area contributed by atoms with Crippen molar-refractivity contribution in [2.24, 2.45) is 0 Å². The first-order valence-corrected chi connectivity index (χ1v) is 5.54. The van der Waals surface area contributed by atoms with Crippen molar-refractivity contribution in [3.8, 4) is 0 Å². The summed E-state index contributed by atoms with van der Waals surface area (Å²) in [5, 5.41) is 21.4. The minimum Gasteiger partial charge on any atom is -0.480 e. The van der Waals surface area contributed by atoms with E-state index in [9.17, 15) is 14.7 Å². The van der Waals surface area contributed by atoms with Crippen LogP contribution >= 0.6 is 0 Å². The first-order chi connectivity index (χ1) is 7.59. The lowest BCUT2D eigenvalue weighted by molar-refractivity contribution is -0.148. The van der Waals surface area contributed by atoms with Gasteiger partial charge in [-0.3, -0.25) is 4.79 Å². The Morgan fingerprint density at radius 1 is 1.38 bits per heavy atom. The number of carboxylic acids is 1. The van der Waals surface area contributed by atoms with Gasteiger partial charge in [-0.05, 0) is 19.4 Å². The number of likely N-dealkylation sites (tertiary alicyclic amines) is 1. The van der Waals surface area contributed by atoms with Crippen molar-refractivity contribution in [2.45, 2.75) is 37.5 Å². The van der Waals surface area contributed by atoms with Crippen LogP contribution in [0.2, 0.25) is 0 Å². The third-order valence-electron chi connectivity index (χ3n) is 3.21. The average molecular weight is 228 g/mol. The topological polar surface area (TPSA) is 89.9 Å². The fourth-order valence-electron chi connectivity index (χ4n) is 2.39. The number of nitrogens with zero attached hydrogens (tertiary/aromatic N) is 1. The molecular weight excluding hydrogens is 212 g/mol. The maximum Gasteiger partial charge on any atom is 0.326 e. The zero-order chi connectivity index (χ0) is 11.7. The van der Waals surface area contributed by atoms with Crippen LogP contribution in [0.15, 0.2) is 0 Å². The lowest BCUT2D eigenvalue weighted by Gasteiger charge is -2.24. The van der Waals surface area contributed by atoms with E-state index in [4.69, 9.17) is 5.11 Å². The molecule has 2 rings (SSSR count). The number of nitrogens with one attached hydrogen (secondary N) is 1. The van der Waals surface area contributed by atoms with Gasteiger partial charge in [0.15, 0.2) is 0 Å². The SMILES string of the molecule is O=C(O)[C@@H]1C[C@@H](O)CN1C(=O)[C@H]1CCCN1. The second-order valence-corrected chi connectivity index (χ2v) is 4.38. The van der Waals surface area contributed by atoms with Gasteiger partial charge in [0.1, 0.15) is 6.04 Å². The van der Waals surface area contributed by atoms with E-state index in [0.717, 1.165) is 19.4 Å². The predicted molar refractivity (Wildman–Crippen MR) is 54.8 cm³/mol. The molecule has 16 heavy (non-hydrogen) atoms. The molecule has 2 heterocycles. The molecule has 0 unspecified atom stereocenters. The molecular formula is C10H16N2O4. The van der Waals surface area contributed by atoms with Gasteiger partial charge in [0, 0.05) is 13.0 Å². The summed E-state index contributed by atoms with van der Waals surface area (Å²) < 4.78 is 0. The standard InChI is InChI=1S/C10H16N2O4/c13-6-4-8(10(15)16)12(5-6)9(14)7-2-1-3-11-7/h6-8,11,13H,1-5H2,(H,15,16)/t6-,7-,8+/m1/s1. The van der Waals surface area contributed by atoms with Crippen molar-refractivity contribution in [1.29, 1.82) is 0 Å². The molecule has 6 nitrogen and oxygen atoms in total. The molecule has 3 atom stereocenters. The van der Waals surface area contributed by atoms with E-state index in [0.29, 0.717) is 0 Å². The van der Waals surface area contributed by atoms with E-state index >= 15 is 0 Å². The van der Waals surface area contributed by atoms with E-state index in [2.05, 4.69) is 5.32 Å². The summed E-state index contributed by atoms with van der Waals surface area (Å²) in [5.41, 5.74) is 0. The number of aliphatic hydroxyl groups is 1. The van der Waals surface area contributed by atoms with E-state index < -0.39 is 18.1 Å². The number of β-amino-alcohol motifs (C(OH)–C–C–N with tert-alkyl or cyclic N) is 1. The molecule has 0 aliphatic carbocycles. The highest BCUT2D eigenvalue weighted by Gasteiger charge is 2.41. The van der Waals surface area contributed by atoms with Crippen LogP contribution in [0.5, 0.6) is 0 Å². The van der Waals surface area contributed by atoms with Crippen molar-refractivity contribution >= 4 is 11.9 Å². The molecule has 3 N–H and O–H groups in total. The number of carboxylic acid groups (broad SMARTS) is 1. The van der Waals surface area contributed by atoms with Gasteiger partial charge < -0.3 is 20.4 Å². The Morgan fingerprint density at radius 3 is 2.69 bits per heavy atom. The number of hydrogen-bond acceptors (Lipinski definition) is 4. The summed E-state index contributed by atoms with van der Waals surface area (Å²) in [6.45, 7) is 0.929. The largest absolute Gasteiger partial charge is 0.480 e. The first-order valence-electron chi connectivity index (χ1n) is 5.54. The van der Waals surface area contributed by atoms with E-state index in [1.54, 1.807) is 0 Å². The highest BCUT2D eigenvalue weighted by atomic mass is 16.4. The second-order valence-electron chi connectivity index (χ2n) is 4.38. The molecule has 0 aromatic carbocycles. The van der Waals surface area contributed by atoms with Gasteiger partial charge in [0.25, 0.3) is 0 Å². The summed E-state index contributed by atoms with van der Waals surface area (Å²) in [4.78, 5) is 24.2. The third-order valence-corrected chi connectivity index (χ3v) is 3.21. The van der Waals surface area contributed by atoms with Crippen molar-refractivity contribution < 1.29 is 19.8 Å². The Kier molecular flexibility index (Phi) is 3.11. The number of carbonyl (C=O) groups excluding carboxylic acids is 1. The Balaban J connectivity index is 2.06. The van der Waals surface area contributed by atoms with Crippen LogP contribution in [0.1, 0.15) is 19.3 Å². The Morgan fingerprint density at radius 2 is 2.12 bits per heavy atom. The Labute approximate surface area is 93.2 Å². The minimum atomic E-state index is -1.04. The van der Waals surface area contributed by atoms with Crippen molar-refractivity contribution in [2.75, 3.05) is 13.1 Å².